The van der Waals surface area contributed by atoms with Gasteiger partial charge in [0.25, 0.3) is 0 Å². The molecule has 2 aromatic carbocycles. The third-order valence-electron chi connectivity index (χ3n) is 3.83. The van der Waals surface area contributed by atoms with Gasteiger partial charge in [-0.05, 0) is 70.6 Å². The molecule has 0 aliphatic carbocycles. The summed E-state index contributed by atoms with van der Waals surface area (Å²) in [4.78, 5) is 27.8. The Hall–Kier alpha value is -2.59. The van der Waals surface area contributed by atoms with Crippen LogP contribution in [0.4, 0.5) is 0 Å². The summed E-state index contributed by atoms with van der Waals surface area (Å²) < 4.78 is 21.5. The molecule has 1 aliphatic heterocycles. The minimum atomic E-state index is -0.570. The zero-order chi connectivity index (χ0) is 21.0. The van der Waals surface area contributed by atoms with Crippen molar-refractivity contribution in [3.05, 3.63) is 61.8 Å². The summed E-state index contributed by atoms with van der Waals surface area (Å²) in [5.74, 6) is -0.408. The van der Waals surface area contributed by atoms with Crippen molar-refractivity contribution >= 4 is 58.1 Å². The molecular formula is C20H15ClINO6. The molecule has 9 heteroatoms. The van der Waals surface area contributed by atoms with Crippen LogP contribution in [-0.4, -0.2) is 38.7 Å². The lowest BCUT2D eigenvalue weighted by molar-refractivity contribution is -0.143. The standard InChI is InChI=1S/C20H15ClINO6/c1-26-16-9-11(7-14(21)18(16)28-10-17(24)27-2)8-15-20(25)29-19(23-15)12-3-5-13(22)6-4-12/h3-9H,10H2,1-2H3/b15-8-. The molecule has 2 aromatic rings. The number of carbonyl (C=O) groups excluding carboxylic acids is 2. The number of hydrogen-bond donors (Lipinski definition) is 0. The van der Waals surface area contributed by atoms with E-state index in [-0.39, 0.29) is 29.0 Å². The second-order valence-electron chi connectivity index (χ2n) is 5.74. The molecule has 0 amide bonds. The van der Waals surface area contributed by atoms with Crippen LogP contribution in [-0.2, 0) is 19.1 Å². The normalized spacial score (nSPS) is 14.4. The number of carbonyl (C=O) groups is 2. The molecule has 0 aromatic heterocycles. The predicted molar refractivity (Wildman–Crippen MR) is 115 cm³/mol. The number of aliphatic imine (C=N–C) groups is 1. The fourth-order valence-corrected chi connectivity index (χ4v) is 3.07. The van der Waals surface area contributed by atoms with E-state index in [0.717, 1.165) is 3.57 Å². The largest absolute Gasteiger partial charge is 0.493 e. The summed E-state index contributed by atoms with van der Waals surface area (Å²) in [7, 11) is 2.69. The van der Waals surface area contributed by atoms with E-state index in [1.165, 1.54) is 20.3 Å². The summed E-state index contributed by atoms with van der Waals surface area (Å²) in [6, 6.07) is 10.6. The summed E-state index contributed by atoms with van der Waals surface area (Å²) >= 11 is 8.45. The first-order valence-corrected chi connectivity index (χ1v) is 9.72. The summed E-state index contributed by atoms with van der Waals surface area (Å²) in [6.45, 7) is -0.316. The van der Waals surface area contributed by atoms with Crippen molar-refractivity contribution < 1.29 is 28.5 Å². The Labute approximate surface area is 185 Å². The molecule has 3 rings (SSSR count). The van der Waals surface area contributed by atoms with Gasteiger partial charge in [0.05, 0.1) is 19.2 Å². The average Bonchev–Trinajstić information content (AvgIpc) is 3.07. The van der Waals surface area contributed by atoms with Gasteiger partial charge in [0, 0.05) is 9.13 Å². The van der Waals surface area contributed by atoms with Gasteiger partial charge < -0.3 is 18.9 Å². The number of rotatable bonds is 6. The fourth-order valence-electron chi connectivity index (χ4n) is 2.44. The molecule has 7 nitrogen and oxygen atoms in total. The van der Waals surface area contributed by atoms with Gasteiger partial charge in [0.15, 0.2) is 23.8 Å². The zero-order valence-electron chi connectivity index (χ0n) is 15.4. The summed E-state index contributed by atoms with van der Waals surface area (Å²) in [6.07, 6.45) is 1.53. The number of hydrogen-bond acceptors (Lipinski definition) is 7. The number of halogens is 2. The van der Waals surface area contributed by atoms with Crippen LogP contribution in [0, 0.1) is 3.57 Å². The molecule has 150 valence electrons. The van der Waals surface area contributed by atoms with E-state index in [0.29, 0.717) is 16.9 Å². The molecule has 0 radical (unpaired) electrons. The van der Waals surface area contributed by atoms with E-state index in [4.69, 9.17) is 25.8 Å². The van der Waals surface area contributed by atoms with Gasteiger partial charge in [0.1, 0.15) is 0 Å². The lowest BCUT2D eigenvalue weighted by atomic mass is 10.1. The van der Waals surface area contributed by atoms with Gasteiger partial charge in [-0.2, -0.15) is 0 Å². The molecular weight excluding hydrogens is 513 g/mol. The molecule has 0 unspecified atom stereocenters. The number of benzene rings is 2. The van der Waals surface area contributed by atoms with Crippen molar-refractivity contribution in [3.63, 3.8) is 0 Å². The van der Waals surface area contributed by atoms with Crippen molar-refractivity contribution in [1.29, 1.82) is 0 Å². The highest BCUT2D eigenvalue weighted by Gasteiger charge is 2.24. The Bertz CT molecular complexity index is 1020. The average molecular weight is 528 g/mol. The Morgan fingerprint density at radius 2 is 1.97 bits per heavy atom. The third kappa shape index (κ3) is 5.07. The van der Waals surface area contributed by atoms with E-state index < -0.39 is 11.9 Å². The minimum absolute atomic E-state index is 0.125. The van der Waals surface area contributed by atoms with E-state index in [9.17, 15) is 9.59 Å². The quantitative estimate of drug-likeness (QED) is 0.322. The highest BCUT2D eigenvalue weighted by molar-refractivity contribution is 14.1. The van der Waals surface area contributed by atoms with Gasteiger partial charge in [-0.25, -0.2) is 14.6 Å². The zero-order valence-corrected chi connectivity index (χ0v) is 18.3. The second kappa shape index (κ2) is 9.27. The van der Waals surface area contributed by atoms with Gasteiger partial charge in [0.2, 0.25) is 5.90 Å². The number of methoxy groups -OCH3 is 2. The van der Waals surface area contributed by atoms with Crippen molar-refractivity contribution in [1.82, 2.24) is 0 Å². The molecule has 0 saturated carbocycles. The van der Waals surface area contributed by atoms with E-state index in [1.807, 2.05) is 24.3 Å². The molecule has 1 aliphatic rings. The maximum Gasteiger partial charge on any atom is 0.363 e. The van der Waals surface area contributed by atoms with Crippen molar-refractivity contribution in [3.8, 4) is 11.5 Å². The van der Waals surface area contributed by atoms with Gasteiger partial charge in [-0.3, -0.25) is 0 Å². The van der Waals surface area contributed by atoms with Crippen LogP contribution in [0.2, 0.25) is 5.02 Å². The van der Waals surface area contributed by atoms with Crippen molar-refractivity contribution in [2.24, 2.45) is 4.99 Å². The molecule has 29 heavy (non-hydrogen) atoms. The number of nitrogens with zero attached hydrogens (tertiary/aromatic N) is 1. The van der Waals surface area contributed by atoms with Crippen LogP contribution in [0.25, 0.3) is 6.08 Å². The highest BCUT2D eigenvalue weighted by Crippen LogP contribution is 2.37. The fraction of sp³-hybridized carbons (Fsp3) is 0.150. The maximum atomic E-state index is 12.2. The van der Waals surface area contributed by atoms with Crippen molar-refractivity contribution in [2.75, 3.05) is 20.8 Å². The van der Waals surface area contributed by atoms with Gasteiger partial charge >= 0.3 is 11.9 Å². The van der Waals surface area contributed by atoms with Crippen LogP contribution in [0.1, 0.15) is 11.1 Å². The van der Waals surface area contributed by atoms with E-state index in [2.05, 4.69) is 32.3 Å². The summed E-state index contributed by atoms with van der Waals surface area (Å²) in [5.41, 5.74) is 1.38. The molecule has 0 fully saturated rings. The number of cyclic esters (lactones) is 1. The van der Waals surface area contributed by atoms with Gasteiger partial charge in [-0.15, -0.1) is 0 Å². The van der Waals surface area contributed by atoms with Crippen LogP contribution in [0.3, 0.4) is 0 Å². The molecule has 1 heterocycles. The van der Waals surface area contributed by atoms with Crippen LogP contribution in [0.5, 0.6) is 11.5 Å². The number of ether oxygens (including phenoxy) is 4. The Morgan fingerprint density at radius 1 is 1.24 bits per heavy atom. The minimum Gasteiger partial charge on any atom is -0.493 e. The highest BCUT2D eigenvalue weighted by atomic mass is 127. The Kier molecular flexibility index (Phi) is 6.75. The lowest BCUT2D eigenvalue weighted by Gasteiger charge is -2.12. The summed E-state index contributed by atoms with van der Waals surface area (Å²) in [5, 5.41) is 0.202. The molecule has 0 saturated heterocycles. The third-order valence-corrected chi connectivity index (χ3v) is 4.83. The lowest BCUT2D eigenvalue weighted by Crippen LogP contribution is -2.13. The molecule has 0 N–H and O–H groups in total. The first-order chi connectivity index (χ1) is 13.9. The Morgan fingerprint density at radius 3 is 2.62 bits per heavy atom. The van der Waals surface area contributed by atoms with Crippen LogP contribution >= 0.6 is 34.2 Å². The van der Waals surface area contributed by atoms with E-state index in [1.54, 1.807) is 12.1 Å². The molecule has 0 spiro atoms. The monoisotopic (exact) mass is 527 g/mol. The second-order valence-corrected chi connectivity index (χ2v) is 7.39. The first-order valence-electron chi connectivity index (χ1n) is 8.27. The molecule has 0 bridgehead atoms. The van der Waals surface area contributed by atoms with Gasteiger partial charge in [-0.1, -0.05) is 11.6 Å². The smallest absolute Gasteiger partial charge is 0.363 e. The molecule has 0 atom stereocenters. The van der Waals surface area contributed by atoms with Crippen LogP contribution in [0.15, 0.2) is 47.1 Å². The SMILES string of the molecule is COC(=O)COc1c(Cl)cc(/C=C2\N=C(c3ccc(I)cc3)OC2=O)cc1OC. The maximum absolute atomic E-state index is 12.2. The number of esters is 2. The topological polar surface area (TPSA) is 83.4 Å². The van der Waals surface area contributed by atoms with E-state index >= 15 is 0 Å². The Balaban J connectivity index is 1.89. The predicted octanol–water partition coefficient (Wildman–Crippen LogP) is 3.85. The van der Waals surface area contributed by atoms with Crippen molar-refractivity contribution in [2.45, 2.75) is 0 Å². The van der Waals surface area contributed by atoms with Crippen LogP contribution < -0.4 is 9.47 Å². The first kappa shape index (κ1) is 21.1.